The van der Waals surface area contributed by atoms with Gasteiger partial charge in [0.15, 0.2) is 14.9 Å². The Bertz CT molecular complexity index is 517. The van der Waals surface area contributed by atoms with Gasteiger partial charge in [0.05, 0.1) is 25.5 Å². The van der Waals surface area contributed by atoms with E-state index in [1.807, 2.05) is 0 Å². The van der Waals surface area contributed by atoms with Crippen molar-refractivity contribution in [3.63, 3.8) is 0 Å². The quantitative estimate of drug-likeness (QED) is 0.778. The van der Waals surface area contributed by atoms with Crippen LogP contribution in [0.15, 0.2) is 17.3 Å². The number of anilines is 1. The van der Waals surface area contributed by atoms with Gasteiger partial charge in [-0.1, -0.05) is 5.92 Å². The number of aromatic nitrogens is 1. The summed E-state index contributed by atoms with van der Waals surface area (Å²) in [5, 5.41) is 2.84. The van der Waals surface area contributed by atoms with Gasteiger partial charge in [0, 0.05) is 12.3 Å². The standard InChI is InChI=1S/C10H12N2O3S/c1-4-5-11-8-7-12-10(16(3,13)14)6-9(8)15-2/h1,6-7,11H,5H2,2-3H3. The van der Waals surface area contributed by atoms with E-state index in [1.165, 1.54) is 19.4 Å². The molecule has 0 radical (unpaired) electrons. The van der Waals surface area contributed by atoms with E-state index < -0.39 is 9.84 Å². The Hall–Kier alpha value is -1.74. The zero-order valence-electron chi connectivity index (χ0n) is 9.02. The van der Waals surface area contributed by atoms with Gasteiger partial charge in [0.2, 0.25) is 0 Å². The van der Waals surface area contributed by atoms with Gasteiger partial charge in [-0.25, -0.2) is 13.4 Å². The summed E-state index contributed by atoms with van der Waals surface area (Å²) in [6.07, 6.45) is 7.57. The number of nitrogens with zero attached hydrogens (tertiary/aromatic N) is 1. The van der Waals surface area contributed by atoms with Crippen LogP contribution in [0.3, 0.4) is 0 Å². The van der Waals surface area contributed by atoms with E-state index >= 15 is 0 Å². The van der Waals surface area contributed by atoms with Gasteiger partial charge in [0.1, 0.15) is 5.75 Å². The summed E-state index contributed by atoms with van der Waals surface area (Å²) < 4.78 is 27.6. The molecule has 1 aromatic rings. The van der Waals surface area contributed by atoms with Crippen molar-refractivity contribution in [1.29, 1.82) is 0 Å². The summed E-state index contributed by atoms with van der Waals surface area (Å²) in [6.45, 7) is 0.316. The fourth-order valence-electron chi connectivity index (χ4n) is 1.07. The van der Waals surface area contributed by atoms with Crippen LogP contribution >= 0.6 is 0 Å². The van der Waals surface area contributed by atoms with Gasteiger partial charge in [-0.3, -0.25) is 0 Å². The first kappa shape index (κ1) is 12.3. The SMILES string of the molecule is C#CCNc1cnc(S(C)(=O)=O)cc1OC. The molecule has 0 aliphatic heterocycles. The molecular weight excluding hydrogens is 228 g/mol. The number of methoxy groups -OCH3 is 1. The summed E-state index contributed by atoms with van der Waals surface area (Å²) >= 11 is 0. The Labute approximate surface area is 94.8 Å². The molecule has 0 aromatic carbocycles. The van der Waals surface area contributed by atoms with E-state index in [0.717, 1.165) is 6.26 Å². The fourth-order valence-corrected chi connectivity index (χ4v) is 1.63. The molecule has 0 aliphatic carbocycles. The third-order valence-electron chi connectivity index (χ3n) is 1.82. The minimum absolute atomic E-state index is 0.0318. The van der Waals surface area contributed by atoms with E-state index in [-0.39, 0.29) is 5.03 Å². The molecule has 0 spiro atoms. The number of sulfone groups is 1. The Morgan fingerprint density at radius 3 is 2.81 bits per heavy atom. The first-order valence-electron chi connectivity index (χ1n) is 4.40. The molecule has 0 aliphatic rings. The predicted molar refractivity (Wildman–Crippen MR) is 61.2 cm³/mol. The molecule has 0 saturated heterocycles. The van der Waals surface area contributed by atoms with Crippen molar-refractivity contribution in [3.8, 4) is 18.1 Å². The summed E-state index contributed by atoms with van der Waals surface area (Å²) in [5.74, 6) is 2.79. The second-order valence-corrected chi connectivity index (χ2v) is 5.02. The van der Waals surface area contributed by atoms with Crippen molar-refractivity contribution >= 4 is 15.5 Å². The van der Waals surface area contributed by atoms with Crippen molar-refractivity contribution in [2.24, 2.45) is 0 Å². The number of hydrogen-bond donors (Lipinski definition) is 1. The Morgan fingerprint density at radius 2 is 2.31 bits per heavy atom. The van der Waals surface area contributed by atoms with Crippen LogP contribution in [0.25, 0.3) is 0 Å². The first-order valence-corrected chi connectivity index (χ1v) is 6.29. The summed E-state index contributed by atoms with van der Waals surface area (Å²) in [7, 11) is -1.89. The van der Waals surface area contributed by atoms with Crippen LogP contribution in [0.4, 0.5) is 5.69 Å². The number of pyridine rings is 1. The normalized spacial score (nSPS) is 10.6. The monoisotopic (exact) mass is 240 g/mol. The highest BCUT2D eigenvalue weighted by Gasteiger charge is 2.12. The van der Waals surface area contributed by atoms with Crippen molar-refractivity contribution in [2.75, 3.05) is 25.2 Å². The summed E-state index contributed by atoms with van der Waals surface area (Å²) in [5.41, 5.74) is 0.563. The van der Waals surface area contributed by atoms with Crippen LogP contribution in [0.5, 0.6) is 5.75 Å². The van der Waals surface area contributed by atoms with E-state index in [1.54, 1.807) is 0 Å². The largest absolute Gasteiger partial charge is 0.494 e. The maximum absolute atomic E-state index is 11.3. The molecule has 0 bridgehead atoms. The fraction of sp³-hybridized carbons (Fsp3) is 0.300. The van der Waals surface area contributed by atoms with Gasteiger partial charge in [-0.05, 0) is 0 Å². The second kappa shape index (κ2) is 4.86. The summed E-state index contributed by atoms with van der Waals surface area (Å²) in [6, 6.07) is 1.36. The minimum atomic E-state index is -3.33. The topological polar surface area (TPSA) is 68.3 Å². The van der Waals surface area contributed by atoms with E-state index in [4.69, 9.17) is 11.2 Å². The predicted octanol–water partition coefficient (Wildman–Crippen LogP) is 0.539. The molecule has 5 nitrogen and oxygen atoms in total. The number of terminal acetylenes is 1. The highest BCUT2D eigenvalue weighted by Crippen LogP contribution is 2.25. The lowest BCUT2D eigenvalue weighted by Gasteiger charge is -2.09. The highest BCUT2D eigenvalue weighted by molar-refractivity contribution is 7.90. The van der Waals surface area contributed by atoms with Crippen LogP contribution in [-0.4, -0.2) is 33.3 Å². The molecule has 1 heterocycles. The molecule has 1 N–H and O–H groups in total. The minimum Gasteiger partial charge on any atom is -0.494 e. The zero-order valence-corrected chi connectivity index (χ0v) is 9.84. The first-order chi connectivity index (χ1) is 7.49. The van der Waals surface area contributed by atoms with E-state index in [2.05, 4.69) is 16.2 Å². The number of hydrogen-bond acceptors (Lipinski definition) is 5. The van der Waals surface area contributed by atoms with Crippen LogP contribution in [0, 0.1) is 12.3 Å². The van der Waals surface area contributed by atoms with Crippen LogP contribution in [0.1, 0.15) is 0 Å². The molecule has 0 atom stereocenters. The number of nitrogens with one attached hydrogen (secondary N) is 1. The molecule has 0 saturated carbocycles. The average Bonchev–Trinajstić information content (AvgIpc) is 2.24. The Balaban J connectivity index is 3.13. The Kier molecular flexibility index (Phi) is 3.74. The van der Waals surface area contributed by atoms with Gasteiger partial charge in [-0.2, -0.15) is 0 Å². The highest BCUT2D eigenvalue weighted by atomic mass is 32.2. The molecule has 1 rings (SSSR count). The third-order valence-corrected chi connectivity index (χ3v) is 2.80. The average molecular weight is 240 g/mol. The van der Waals surface area contributed by atoms with Crippen LogP contribution in [0.2, 0.25) is 0 Å². The number of rotatable bonds is 4. The Morgan fingerprint density at radius 1 is 1.62 bits per heavy atom. The van der Waals surface area contributed by atoms with Gasteiger partial charge < -0.3 is 10.1 Å². The second-order valence-electron chi connectivity index (χ2n) is 3.05. The lowest BCUT2D eigenvalue weighted by molar-refractivity contribution is 0.414. The van der Waals surface area contributed by atoms with Crippen molar-refractivity contribution < 1.29 is 13.2 Å². The molecule has 86 valence electrons. The molecule has 16 heavy (non-hydrogen) atoms. The van der Waals surface area contributed by atoms with Gasteiger partial charge >= 0.3 is 0 Å². The van der Waals surface area contributed by atoms with Crippen LogP contribution in [-0.2, 0) is 9.84 Å². The van der Waals surface area contributed by atoms with E-state index in [9.17, 15) is 8.42 Å². The third kappa shape index (κ3) is 2.87. The van der Waals surface area contributed by atoms with Gasteiger partial charge in [-0.15, -0.1) is 6.42 Å². The maximum Gasteiger partial charge on any atom is 0.192 e. The molecular formula is C10H12N2O3S. The lowest BCUT2D eigenvalue weighted by Crippen LogP contribution is -2.05. The molecule has 0 unspecified atom stereocenters. The molecule has 0 fully saturated rings. The van der Waals surface area contributed by atoms with Crippen molar-refractivity contribution in [2.45, 2.75) is 5.03 Å². The number of ether oxygens (including phenoxy) is 1. The van der Waals surface area contributed by atoms with E-state index in [0.29, 0.717) is 18.0 Å². The zero-order chi connectivity index (χ0) is 12.2. The maximum atomic E-state index is 11.3. The summed E-state index contributed by atoms with van der Waals surface area (Å²) in [4.78, 5) is 3.81. The van der Waals surface area contributed by atoms with Crippen molar-refractivity contribution in [3.05, 3.63) is 12.3 Å². The molecule has 1 aromatic heterocycles. The van der Waals surface area contributed by atoms with Gasteiger partial charge in [0.25, 0.3) is 0 Å². The smallest absolute Gasteiger partial charge is 0.192 e. The molecule has 0 amide bonds. The van der Waals surface area contributed by atoms with Crippen molar-refractivity contribution in [1.82, 2.24) is 4.98 Å². The van der Waals surface area contributed by atoms with Crippen LogP contribution < -0.4 is 10.1 Å². The molecule has 6 heteroatoms. The lowest BCUT2D eigenvalue weighted by atomic mass is 10.4.